The largest absolute Gasteiger partial charge is 0.480 e. The maximum absolute atomic E-state index is 13.3. The number of hydrogen-bond donors (Lipinski definition) is 3. The molecule has 2 saturated carbocycles. The Morgan fingerprint density at radius 2 is 1.07 bits per heavy atom. The number of halogens is 1. The number of carbonyl (C=O) groups is 2. The van der Waals surface area contributed by atoms with E-state index in [1.807, 2.05) is 0 Å². The summed E-state index contributed by atoms with van der Waals surface area (Å²) in [4.78, 5) is 27.8. The number of hydrogen-bond acceptors (Lipinski definition) is 5. The van der Waals surface area contributed by atoms with Crippen LogP contribution in [0.2, 0.25) is 0 Å². The molecular formula is C60H110ClNO5. The molecule has 2 aliphatic rings. The molecule has 0 aromatic rings. The molecule has 6 atom stereocenters. The highest BCUT2D eigenvalue weighted by molar-refractivity contribution is 6.21. The van der Waals surface area contributed by atoms with Gasteiger partial charge in [-0.1, -0.05) is 244 Å². The van der Waals surface area contributed by atoms with Gasteiger partial charge >= 0.3 is 5.97 Å². The monoisotopic (exact) mass is 960 g/mol. The Hall–Kier alpha value is -1.21. The van der Waals surface area contributed by atoms with Crippen LogP contribution in [0.4, 0.5) is 0 Å². The first-order valence-corrected chi connectivity index (χ1v) is 29.9. The number of rotatable bonds is 48. The van der Waals surface area contributed by atoms with E-state index in [9.17, 15) is 24.9 Å². The fourth-order valence-corrected chi connectivity index (χ4v) is 12.1. The van der Waals surface area contributed by atoms with Gasteiger partial charge in [0.15, 0.2) is 0 Å². The molecule has 0 aromatic carbocycles. The van der Waals surface area contributed by atoms with Crippen LogP contribution in [0.3, 0.4) is 0 Å². The van der Waals surface area contributed by atoms with Crippen LogP contribution >= 0.6 is 11.6 Å². The van der Waals surface area contributed by atoms with Gasteiger partial charge in [0, 0.05) is 17.7 Å². The highest BCUT2D eigenvalue weighted by atomic mass is 35.5. The average Bonchev–Trinajstić information content (AvgIpc) is 3.57. The van der Waals surface area contributed by atoms with Crippen LogP contribution in [0.25, 0.3) is 0 Å². The van der Waals surface area contributed by atoms with E-state index in [0.717, 1.165) is 64.3 Å². The van der Waals surface area contributed by atoms with Crippen LogP contribution in [0.5, 0.6) is 0 Å². The van der Waals surface area contributed by atoms with Crippen molar-refractivity contribution >= 4 is 23.9 Å². The Bertz CT molecular complexity index is 1200. The molecule has 0 aliphatic heterocycles. The molecule has 2 rings (SSSR count). The van der Waals surface area contributed by atoms with Gasteiger partial charge in [-0.3, -0.25) is 9.69 Å². The Morgan fingerprint density at radius 1 is 0.657 bits per heavy atom. The first kappa shape index (κ1) is 61.9. The lowest BCUT2D eigenvalue weighted by Crippen LogP contribution is -2.55. The van der Waals surface area contributed by atoms with E-state index in [1.165, 1.54) is 186 Å². The standard InChI is InChI=1S/C60H110ClNO5/c1-4-7-9-11-13-15-17-19-21-23-25-27-29-31-33-38-49-62(50-39-34-32-30-28-26-24-22-20-18-16-14-12-10-8-5-2)60(48-51-63,58(66)67)47-37-35-36-42-53-54(56(64)52-55(53)61)43-40-44-57(65)59(6-3)45-41-46-59/h35-36,40,43,51,53-57,64-65H,4-34,37-39,41-42,44-50,52H2,1-3H3,(H,66,67)/t53-,54-,55-,56-,57+,60?/m1/s1. The summed E-state index contributed by atoms with van der Waals surface area (Å²) in [6.07, 6.45) is 57.5. The van der Waals surface area contributed by atoms with E-state index in [2.05, 4.69) is 50.0 Å². The molecule has 2 aliphatic carbocycles. The number of unbranched alkanes of at least 4 members (excludes halogenated alkanes) is 30. The van der Waals surface area contributed by atoms with E-state index < -0.39 is 17.6 Å². The molecule has 392 valence electrons. The molecule has 1 unspecified atom stereocenters. The summed E-state index contributed by atoms with van der Waals surface area (Å²) in [6, 6.07) is 0. The van der Waals surface area contributed by atoms with Crippen LogP contribution in [0, 0.1) is 17.3 Å². The lowest BCUT2D eigenvalue weighted by atomic mass is 9.63. The van der Waals surface area contributed by atoms with Crippen LogP contribution in [-0.2, 0) is 9.59 Å². The minimum atomic E-state index is -1.21. The minimum Gasteiger partial charge on any atom is -0.480 e. The molecule has 0 spiro atoms. The minimum absolute atomic E-state index is 0.00446. The lowest BCUT2D eigenvalue weighted by Gasteiger charge is -2.45. The smallest absolute Gasteiger partial charge is 0.324 e. The molecule has 0 aromatic heterocycles. The van der Waals surface area contributed by atoms with Crippen molar-refractivity contribution in [1.82, 2.24) is 4.90 Å². The number of nitrogens with zero attached hydrogens (tertiary/aromatic N) is 1. The summed E-state index contributed by atoms with van der Waals surface area (Å²) < 4.78 is 0. The third kappa shape index (κ3) is 26.2. The zero-order chi connectivity index (χ0) is 48.7. The second-order valence-corrected chi connectivity index (χ2v) is 22.4. The molecule has 0 bridgehead atoms. The number of allylic oxidation sites excluding steroid dienone is 2. The summed E-state index contributed by atoms with van der Waals surface area (Å²) in [5, 5.41) is 32.7. The molecule has 0 heterocycles. The molecule has 0 saturated heterocycles. The van der Waals surface area contributed by atoms with Gasteiger partial charge in [-0.25, -0.2) is 0 Å². The van der Waals surface area contributed by atoms with Crippen LogP contribution < -0.4 is 0 Å². The highest BCUT2D eigenvalue weighted by Crippen LogP contribution is 2.48. The average molecular weight is 961 g/mol. The van der Waals surface area contributed by atoms with Gasteiger partial charge in [-0.2, -0.15) is 0 Å². The summed E-state index contributed by atoms with van der Waals surface area (Å²) in [7, 11) is 0. The Kier molecular flexibility index (Phi) is 37.3. The van der Waals surface area contributed by atoms with Crippen molar-refractivity contribution in [2.24, 2.45) is 17.3 Å². The number of carbonyl (C=O) groups excluding carboxylic acids is 1. The van der Waals surface area contributed by atoms with Crippen molar-refractivity contribution in [1.29, 1.82) is 0 Å². The highest BCUT2D eigenvalue weighted by Gasteiger charge is 2.44. The normalized spacial score (nSPS) is 20.8. The fraction of sp³-hybridized carbons (Fsp3) is 0.900. The lowest BCUT2D eigenvalue weighted by molar-refractivity contribution is -0.154. The number of aldehydes is 1. The van der Waals surface area contributed by atoms with Gasteiger partial charge in [0.25, 0.3) is 0 Å². The number of aliphatic hydroxyl groups excluding tert-OH is 2. The summed E-state index contributed by atoms with van der Waals surface area (Å²) in [5.41, 5.74) is -1.16. The molecule has 3 N–H and O–H groups in total. The molecule has 67 heavy (non-hydrogen) atoms. The van der Waals surface area contributed by atoms with Gasteiger partial charge in [0.2, 0.25) is 0 Å². The number of carboxylic acid groups (broad SMARTS) is 1. The number of aliphatic hydroxyl groups is 2. The first-order chi connectivity index (χ1) is 32.7. The van der Waals surface area contributed by atoms with E-state index >= 15 is 0 Å². The van der Waals surface area contributed by atoms with Crippen molar-refractivity contribution in [2.75, 3.05) is 13.1 Å². The first-order valence-electron chi connectivity index (χ1n) is 29.4. The second-order valence-electron chi connectivity index (χ2n) is 21.9. The predicted octanol–water partition coefficient (Wildman–Crippen LogP) is 17.4. The van der Waals surface area contributed by atoms with E-state index in [-0.39, 0.29) is 35.2 Å². The molecule has 0 radical (unpaired) electrons. The summed E-state index contributed by atoms with van der Waals surface area (Å²) >= 11 is 6.82. The second kappa shape index (κ2) is 40.4. The van der Waals surface area contributed by atoms with Gasteiger partial charge in [0.1, 0.15) is 11.8 Å². The van der Waals surface area contributed by atoms with Gasteiger partial charge < -0.3 is 20.1 Å². The van der Waals surface area contributed by atoms with E-state index in [1.54, 1.807) is 0 Å². The number of carboxylic acids is 1. The fourth-order valence-electron chi connectivity index (χ4n) is 11.6. The number of alkyl halides is 1. The van der Waals surface area contributed by atoms with Crippen molar-refractivity contribution in [2.45, 2.75) is 314 Å². The molecule has 7 heteroatoms. The van der Waals surface area contributed by atoms with Gasteiger partial charge in [-0.05, 0) is 88.6 Å². The Balaban J connectivity index is 1.89. The van der Waals surface area contributed by atoms with E-state index in [0.29, 0.717) is 32.1 Å². The van der Waals surface area contributed by atoms with Crippen molar-refractivity contribution in [3.63, 3.8) is 0 Å². The van der Waals surface area contributed by atoms with Crippen LogP contribution in [-0.4, -0.2) is 68.7 Å². The molecule has 6 nitrogen and oxygen atoms in total. The quantitative estimate of drug-likeness (QED) is 0.0243. The third-order valence-corrected chi connectivity index (χ3v) is 17.1. The maximum Gasteiger partial charge on any atom is 0.324 e. The molecular weight excluding hydrogens is 850 g/mol. The van der Waals surface area contributed by atoms with Gasteiger partial charge in [0.05, 0.1) is 12.2 Å². The summed E-state index contributed by atoms with van der Waals surface area (Å²) in [6.45, 7) is 8.18. The van der Waals surface area contributed by atoms with Crippen molar-refractivity contribution in [3.05, 3.63) is 24.3 Å². The van der Waals surface area contributed by atoms with Crippen molar-refractivity contribution < 1.29 is 24.9 Å². The van der Waals surface area contributed by atoms with Gasteiger partial charge in [-0.15, -0.1) is 11.6 Å². The Morgan fingerprint density at radius 3 is 1.43 bits per heavy atom. The zero-order valence-electron chi connectivity index (χ0n) is 44.4. The van der Waals surface area contributed by atoms with Crippen LogP contribution in [0.15, 0.2) is 24.3 Å². The summed E-state index contributed by atoms with van der Waals surface area (Å²) in [5.74, 6) is -0.869. The zero-order valence-corrected chi connectivity index (χ0v) is 45.1. The molecule has 2 fully saturated rings. The van der Waals surface area contributed by atoms with Crippen molar-refractivity contribution in [3.8, 4) is 0 Å². The maximum atomic E-state index is 13.3. The van der Waals surface area contributed by atoms with Crippen LogP contribution in [0.1, 0.15) is 290 Å². The number of aliphatic carboxylic acids is 1. The molecule has 0 amide bonds. The Labute approximate surface area is 420 Å². The predicted molar refractivity (Wildman–Crippen MR) is 288 cm³/mol. The third-order valence-electron chi connectivity index (χ3n) is 16.6. The SMILES string of the molecule is CCCCCCCCCCCCCCCCCCN(CCCCCCCCCCCCCCCCCC)C(CC=O)(CCC=CC[C@@H]1[C@@H](C=CC[C@H](O)C2(CC)CCC2)[C@H](O)C[C@H]1Cl)C(=O)O. The van der Waals surface area contributed by atoms with E-state index in [4.69, 9.17) is 11.6 Å². The topological polar surface area (TPSA) is 98.1 Å².